The van der Waals surface area contributed by atoms with Crippen molar-refractivity contribution in [1.82, 2.24) is 4.98 Å². The van der Waals surface area contributed by atoms with Gasteiger partial charge in [0.05, 0.1) is 34.9 Å². The van der Waals surface area contributed by atoms with Gasteiger partial charge in [-0.2, -0.15) is 0 Å². The second-order valence-electron chi connectivity index (χ2n) is 7.87. The van der Waals surface area contributed by atoms with Crippen LogP contribution in [0.3, 0.4) is 0 Å². The van der Waals surface area contributed by atoms with Gasteiger partial charge in [-0.05, 0) is 30.3 Å². The number of nitrogens with zero attached hydrogens (tertiary/aromatic N) is 1. The molecule has 1 saturated heterocycles. The summed E-state index contributed by atoms with van der Waals surface area (Å²) in [7, 11) is 0. The van der Waals surface area contributed by atoms with E-state index in [1.54, 1.807) is 12.1 Å². The quantitative estimate of drug-likeness (QED) is 0.248. The molecule has 12 heteroatoms. The number of aromatic nitrogens is 1. The lowest BCUT2D eigenvalue weighted by atomic mass is 9.90. The number of aliphatic carboxylic acids is 1. The zero-order valence-corrected chi connectivity index (χ0v) is 19.9. The number of para-hydroxylation sites is 1. The molecule has 4 rings (SSSR count). The van der Waals surface area contributed by atoms with E-state index in [4.69, 9.17) is 14.6 Å². The van der Waals surface area contributed by atoms with Crippen molar-refractivity contribution in [2.24, 2.45) is 0 Å². The Morgan fingerprint density at radius 2 is 2.00 bits per heavy atom. The summed E-state index contributed by atoms with van der Waals surface area (Å²) in [6, 6.07) is 12.3. The molecule has 2 aromatic carbocycles. The lowest BCUT2D eigenvalue weighted by Crippen LogP contribution is -2.65. The molecule has 34 heavy (non-hydrogen) atoms. The lowest BCUT2D eigenvalue weighted by molar-refractivity contribution is -0.303. The van der Waals surface area contributed by atoms with Crippen LogP contribution in [0.1, 0.15) is 6.42 Å². The van der Waals surface area contributed by atoms with E-state index in [0.717, 1.165) is 10.2 Å². The molecule has 0 unspecified atom stereocenters. The predicted octanol–water partition coefficient (Wildman–Crippen LogP) is 1.11. The normalized spacial score (nSPS) is 26.8. The molecule has 1 aliphatic heterocycles. The highest BCUT2D eigenvalue weighted by Gasteiger charge is 2.56. The summed E-state index contributed by atoms with van der Waals surface area (Å²) in [6.45, 7) is -0.876. The van der Waals surface area contributed by atoms with Crippen molar-refractivity contribution in [3.05, 3.63) is 46.9 Å². The second kappa shape index (κ2) is 9.84. The van der Waals surface area contributed by atoms with Crippen molar-refractivity contribution >= 4 is 43.5 Å². The third kappa shape index (κ3) is 4.68. The first-order valence-electron chi connectivity index (χ1n) is 10.2. The highest BCUT2D eigenvalue weighted by Crippen LogP contribution is 2.41. The lowest BCUT2D eigenvalue weighted by Gasteiger charge is -2.44. The van der Waals surface area contributed by atoms with Crippen LogP contribution in [0.5, 0.6) is 5.75 Å². The number of carboxylic acid groups (broad SMARTS) is 1. The van der Waals surface area contributed by atoms with Gasteiger partial charge in [0, 0.05) is 4.47 Å². The maximum Gasteiger partial charge on any atom is 0.377 e. The molecule has 0 amide bonds. The number of ether oxygens (including phenoxy) is 2. The molecule has 1 aromatic heterocycles. The first-order chi connectivity index (χ1) is 16.1. The number of aliphatic hydroxyl groups excluding tert-OH is 5. The molecule has 0 spiro atoms. The Bertz CT molecular complexity index is 1160. The first kappa shape index (κ1) is 24.9. The highest BCUT2D eigenvalue weighted by molar-refractivity contribution is 9.10. The van der Waals surface area contributed by atoms with Crippen LogP contribution in [0.2, 0.25) is 0 Å². The molecular weight excluding hydrogens is 534 g/mol. The molecule has 1 aliphatic rings. The Morgan fingerprint density at radius 3 is 2.68 bits per heavy atom. The molecule has 1 fully saturated rings. The molecule has 0 aliphatic carbocycles. The molecule has 6 N–H and O–H groups in total. The zero-order chi connectivity index (χ0) is 24.6. The molecule has 0 bridgehead atoms. The van der Waals surface area contributed by atoms with Gasteiger partial charge in [0.15, 0.2) is 0 Å². The van der Waals surface area contributed by atoms with Crippen LogP contribution in [0, 0.1) is 0 Å². The summed E-state index contributed by atoms with van der Waals surface area (Å²) in [5.74, 6) is -4.06. The zero-order valence-electron chi connectivity index (χ0n) is 17.5. The molecule has 182 valence electrons. The maximum absolute atomic E-state index is 12.3. The van der Waals surface area contributed by atoms with Crippen molar-refractivity contribution in [2.75, 3.05) is 6.61 Å². The number of fused-ring (bicyclic) bond motifs is 1. The number of halogens is 1. The van der Waals surface area contributed by atoms with E-state index in [0.29, 0.717) is 15.0 Å². The third-order valence-corrected chi connectivity index (χ3v) is 7.08. The standard InChI is InChI=1S/C22H22BrNO9S/c23-10-5-6-15(11(7-10)20-24-12-3-1-2-4-16(12)34-20)32-22(21(30)31)8-13(26)17(28)19(33-22)18(29)14(27)9-25/h1-7,13-14,17-19,25-29H,8-9H2,(H,30,31)/t13-,14+,17+,18+,19+,22+/m0/s1. The predicted molar refractivity (Wildman–Crippen MR) is 124 cm³/mol. The Kier molecular flexibility index (Phi) is 7.22. The minimum absolute atomic E-state index is 0.0733. The Balaban J connectivity index is 1.75. The van der Waals surface area contributed by atoms with E-state index in [1.165, 1.54) is 17.4 Å². The van der Waals surface area contributed by atoms with Crippen LogP contribution in [-0.2, 0) is 9.53 Å². The first-order valence-corrected chi connectivity index (χ1v) is 11.8. The van der Waals surface area contributed by atoms with Crippen LogP contribution in [-0.4, -0.2) is 84.5 Å². The van der Waals surface area contributed by atoms with Crippen molar-refractivity contribution in [3.63, 3.8) is 0 Å². The number of hydrogen-bond donors (Lipinski definition) is 6. The van der Waals surface area contributed by atoms with Gasteiger partial charge >= 0.3 is 11.8 Å². The summed E-state index contributed by atoms with van der Waals surface area (Å²) >= 11 is 4.76. The van der Waals surface area contributed by atoms with E-state index in [2.05, 4.69) is 20.9 Å². The van der Waals surface area contributed by atoms with E-state index >= 15 is 0 Å². The maximum atomic E-state index is 12.3. The smallest absolute Gasteiger partial charge is 0.377 e. The molecular formula is C22H22BrNO9S. The van der Waals surface area contributed by atoms with E-state index in [-0.39, 0.29) is 5.75 Å². The molecule has 6 atom stereocenters. The number of carboxylic acids is 1. The van der Waals surface area contributed by atoms with Gasteiger partial charge in [-0.1, -0.05) is 28.1 Å². The van der Waals surface area contributed by atoms with Gasteiger partial charge in [0.2, 0.25) is 0 Å². The summed E-state index contributed by atoms with van der Waals surface area (Å²) in [5, 5.41) is 60.5. The van der Waals surface area contributed by atoms with Crippen molar-refractivity contribution < 1.29 is 44.9 Å². The molecule has 0 radical (unpaired) electrons. The molecule has 10 nitrogen and oxygen atoms in total. The van der Waals surface area contributed by atoms with Crippen LogP contribution >= 0.6 is 27.3 Å². The minimum Gasteiger partial charge on any atom is -0.476 e. The average Bonchev–Trinajstić information content (AvgIpc) is 3.25. The Morgan fingerprint density at radius 1 is 1.26 bits per heavy atom. The van der Waals surface area contributed by atoms with Crippen LogP contribution in [0.15, 0.2) is 46.9 Å². The SMILES string of the molecule is O=C(O)[C@@]1(Oc2ccc(Br)cc2-c2nc3ccccc3s2)C[C@H](O)[C@@H](O)[C@H]([C@H](O)[C@H](O)CO)O1. The Labute approximate surface area is 205 Å². The highest BCUT2D eigenvalue weighted by atomic mass is 79.9. The fourth-order valence-corrected chi connectivity index (χ4v) is 5.07. The van der Waals surface area contributed by atoms with Crippen molar-refractivity contribution in [2.45, 2.75) is 42.7 Å². The minimum atomic E-state index is -2.52. The number of carbonyl (C=O) groups is 1. The van der Waals surface area contributed by atoms with Crippen molar-refractivity contribution in [3.8, 4) is 16.3 Å². The third-order valence-electron chi connectivity index (χ3n) is 5.52. The largest absolute Gasteiger partial charge is 0.476 e. The van der Waals surface area contributed by atoms with E-state index in [1.807, 2.05) is 24.3 Å². The fraction of sp³-hybridized carbons (Fsp3) is 0.364. The molecule has 2 heterocycles. The number of hydrogen-bond acceptors (Lipinski definition) is 10. The van der Waals surface area contributed by atoms with Gasteiger partial charge in [-0.15, -0.1) is 11.3 Å². The summed E-state index contributed by atoms with van der Waals surface area (Å²) in [4.78, 5) is 16.9. The molecule has 0 saturated carbocycles. The molecule has 3 aromatic rings. The second-order valence-corrected chi connectivity index (χ2v) is 9.82. The van der Waals surface area contributed by atoms with Crippen LogP contribution in [0.25, 0.3) is 20.8 Å². The summed E-state index contributed by atoms with van der Waals surface area (Å²) in [6.07, 6.45) is -9.48. The topological polar surface area (TPSA) is 170 Å². The Hall–Kier alpha value is -2.16. The summed E-state index contributed by atoms with van der Waals surface area (Å²) in [5.41, 5.74) is 1.20. The van der Waals surface area contributed by atoms with Gasteiger partial charge in [-0.25, -0.2) is 9.78 Å². The average molecular weight is 556 g/mol. The van der Waals surface area contributed by atoms with Gasteiger partial charge in [0.25, 0.3) is 0 Å². The number of thiazole rings is 1. The van der Waals surface area contributed by atoms with Gasteiger partial charge in [-0.3, -0.25) is 0 Å². The summed E-state index contributed by atoms with van der Waals surface area (Å²) < 4.78 is 12.9. The number of rotatable bonds is 7. The van der Waals surface area contributed by atoms with Crippen molar-refractivity contribution in [1.29, 1.82) is 0 Å². The number of benzene rings is 2. The van der Waals surface area contributed by atoms with Crippen LogP contribution < -0.4 is 4.74 Å². The van der Waals surface area contributed by atoms with E-state index < -0.39 is 55.3 Å². The van der Waals surface area contributed by atoms with E-state index in [9.17, 15) is 30.3 Å². The van der Waals surface area contributed by atoms with Gasteiger partial charge < -0.3 is 40.1 Å². The van der Waals surface area contributed by atoms with Gasteiger partial charge in [0.1, 0.15) is 35.2 Å². The monoisotopic (exact) mass is 555 g/mol. The fourth-order valence-electron chi connectivity index (χ4n) is 3.72. The number of aliphatic hydroxyl groups is 5. The van der Waals surface area contributed by atoms with Crippen LogP contribution in [0.4, 0.5) is 0 Å².